The highest BCUT2D eigenvalue weighted by atomic mass is 32.2. The molecule has 0 spiro atoms. The quantitative estimate of drug-likeness (QED) is 0.705. The first-order valence-corrected chi connectivity index (χ1v) is 11.9. The SMILES string of the molecule is CNS(=O)(=O)c1ccc(C)c(C(=O)NCc2ccc(N(C)C3CCCCC3)cc2)c1. The molecule has 1 amide bonds. The third-order valence-corrected chi connectivity index (χ3v) is 7.36. The normalized spacial score (nSPS) is 15.0. The molecule has 0 aromatic heterocycles. The zero-order valence-electron chi connectivity index (χ0n) is 17.9. The van der Waals surface area contributed by atoms with Gasteiger partial charge in [0.15, 0.2) is 0 Å². The number of carbonyl (C=O) groups excluding carboxylic acids is 1. The summed E-state index contributed by atoms with van der Waals surface area (Å²) in [5.41, 5.74) is 3.28. The first kappa shape index (κ1) is 22.3. The smallest absolute Gasteiger partial charge is 0.251 e. The van der Waals surface area contributed by atoms with Crippen molar-refractivity contribution in [3.63, 3.8) is 0 Å². The number of hydrogen-bond acceptors (Lipinski definition) is 4. The number of sulfonamides is 1. The molecule has 7 heteroatoms. The van der Waals surface area contributed by atoms with Crippen molar-refractivity contribution in [2.24, 2.45) is 0 Å². The fraction of sp³-hybridized carbons (Fsp3) is 0.435. The van der Waals surface area contributed by atoms with Gasteiger partial charge in [-0.15, -0.1) is 0 Å². The van der Waals surface area contributed by atoms with E-state index < -0.39 is 10.0 Å². The van der Waals surface area contributed by atoms with Crippen LogP contribution >= 0.6 is 0 Å². The molecule has 162 valence electrons. The van der Waals surface area contributed by atoms with Gasteiger partial charge in [-0.1, -0.05) is 37.5 Å². The maximum atomic E-state index is 12.7. The second kappa shape index (κ2) is 9.62. The van der Waals surface area contributed by atoms with Crippen molar-refractivity contribution in [3.05, 3.63) is 59.2 Å². The summed E-state index contributed by atoms with van der Waals surface area (Å²) in [4.78, 5) is 15.1. The Kier molecular flexibility index (Phi) is 7.15. The van der Waals surface area contributed by atoms with Crippen LogP contribution in [0.5, 0.6) is 0 Å². The molecule has 0 saturated heterocycles. The van der Waals surface area contributed by atoms with Crippen LogP contribution in [0.2, 0.25) is 0 Å². The van der Waals surface area contributed by atoms with Gasteiger partial charge in [-0.2, -0.15) is 0 Å². The van der Waals surface area contributed by atoms with Gasteiger partial charge in [0.1, 0.15) is 0 Å². The van der Waals surface area contributed by atoms with E-state index in [0.717, 1.165) is 11.1 Å². The number of carbonyl (C=O) groups is 1. The molecule has 0 radical (unpaired) electrons. The van der Waals surface area contributed by atoms with Crippen LogP contribution in [-0.2, 0) is 16.6 Å². The zero-order chi connectivity index (χ0) is 21.7. The monoisotopic (exact) mass is 429 g/mol. The summed E-state index contributed by atoms with van der Waals surface area (Å²) >= 11 is 0. The molecule has 6 nitrogen and oxygen atoms in total. The fourth-order valence-electron chi connectivity index (χ4n) is 3.94. The standard InChI is InChI=1S/C23H31N3O3S/c1-17-9-14-21(30(28,29)24-2)15-22(17)23(27)25-16-18-10-12-20(13-11-18)26(3)19-7-5-4-6-8-19/h9-15,19,24H,4-8,16H2,1-3H3,(H,25,27). The lowest BCUT2D eigenvalue weighted by molar-refractivity contribution is 0.0950. The van der Waals surface area contributed by atoms with Gasteiger partial charge in [0.05, 0.1) is 4.90 Å². The van der Waals surface area contributed by atoms with E-state index >= 15 is 0 Å². The molecule has 0 aliphatic heterocycles. The molecule has 2 aromatic carbocycles. The predicted molar refractivity (Wildman–Crippen MR) is 120 cm³/mol. The molecule has 2 aromatic rings. The molecular weight excluding hydrogens is 398 g/mol. The second-order valence-corrected chi connectivity index (χ2v) is 9.82. The lowest BCUT2D eigenvalue weighted by Gasteiger charge is -2.33. The van der Waals surface area contributed by atoms with E-state index in [9.17, 15) is 13.2 Å². The van der Waals surface area contributed by atoms with Gasteiger partial charge in [0, 0.05) is 30.9 Å². The summed E-state index contributed by atoms with van der Waals surface area (Å²) in [5.74, 6) is -0.288. The molecule has 1 aliphatic rings. The lowest BCUT2D eigenvalue weighted by atomic mass is 9.94. The molecule has 0 heterocycles. The third-order valence-electron chi connectivity index (χ3n) is 5.95. The van der Waals surface area contributed by atoms with Crippen molar-refractivity contribution >= 4 is 21.6 Å². The molecule has 0 bridgehead atoms. The molecule has 30 heavy (non-hydrogen) atoms. The van der Waals surface area contributed by atoms with E-state index in [1.54, 1.807) is 13.0 Å². The molecule has 1 fully saturated rings. The summed E-state index contributed by atoms with van der Waals surface area (Å²) in [6.07, 6.45) is 6.43. The number of benzene rings is 2. The van der Waals surface area contributed by atoms with Crippen molar-refractivity contribution in [2.45, 2.75) is 56.5 Å². The average molecular weight is 430 g/mol. The Hall–Kier alpha value is -2.38. The van der Waals surface area contributed by atoms with Crippen molar-refractivity contribution in [1.29, 1.82) is 0 Å². The van der Waals surface area contributed by atoms with Crippen molar-refractivity contribution in [3.8, 4) is 0 Å². The van der Waals surface area contributed by atoms with E-state index in [2.05, 4.69) is 34.1 Å². The van der Waals surface area contributed by atoms with E-state index in [1.165, 1.54) is 57.0 Å². The topological polar surface area (TPSA) is 78.5 Å². The summed E-state index contributed by atoms with van der Waals surface area (Å²) in [7, 11) is -0.0891. The predicted octanol–water partition coefficient (Wildman–Crippen LogP) is 3.60. The average Bonchev–Trinajstić information content (AvgIpc) is 2.78. The molecule has 1 aliphatic carbocycles. The van der Waals surface area contributed by atoms with E-state index in [4.69, 9.17) is 0 Å². The Labute approximate surface area is 179 Å². The van der Waals surface area contributed by atoms with Gasteiger partial charge in [0.25, 0.3) is 5.91 Å². The minimum Gasteiger partial charge on any atom is -0.372 e. The second-order valence-electron chi connectivity index (χ2n) is 7.94. The minimum absolute atomic E-state index is 0.0795. The highest BCUT2D eigenvalue weighted by molar-refractivity contribution is 7.89. The lowest BCUT2D eigenvalue weighted by Crippen LogP contribution is -2.33. The van der Waals surface area contributed by atoms with Crippen LogP contribution in [-0.4, -0.2) is 34.5 Å². The van der Waals surface area contributed by atoms with Crippen LogP contribution in [0.3, 0.4) is 0 Å². The number of amides is 1. The molecule has 0 atom stereocenters. The Bertz CT molecular complexity index is 981. The Morgan fingerprint density at radius 3 is 2.37 bits per heavy atom. The summed E-state index contributed by atoms with van der Waals surface area (Å²) < 4.78 is 26.3. The summed E-state index contributed by atoms with van der Waals surface area (Å²) in [6, 6.07) is 13.4. The number of hydrogen-bond donors (Lipinski definition) is 2. The largest absolute Gasteiger partial charge is 0.372 e. The van der Waals surface area contributed by atoms with Crippen LogP contribution in [0.25, 0.3) is 0 Å². The number of rotatable bonds is 7. The molecule has 2 N–H and O–H groups in total. The van der Waals surface area contributed by atoms with Crippen LogP contribution in [0.15, 0.2) is 47.4 Å². The number of aryl methyl sites for hydroxylation is 1. The Balaban J connectivity index is 1.64. The van der Waals surface area contributed by atoms with Gasteiger partial charge >= 0.3 is 0 Å². The van der Waals surface area contributed by atoms with Crippen LogP contribution < -0.4 is 14.9 Å². The van der Waals surface area contributed by atoms with Gasteiger partial charge < -0.3 is 10.2 Å². The molecule has 1 saturated carbocycles. The number of nitrogens with one attached hydrogen (secondary N) is 2. The maximum Gasteiger partial charge on any atom is 0.251 e. The minimum atomic E-state index is -3.60. The fourth-order valence-corrected chi connectivity index (χ4v) is 4.69. The van der Waals surface area contributed by atoms with E-state index in [1.807, 2.05) is 12.1 Å². The van der Waals surface area contributed by atoms with Crippen LogP contribution in [0, 0.1) is 6.92 Å². The highest BCUT2D eigenvalue weighted by Gasteiger charge is 2.19. The molecular formula is C23H31N3O3S. The van der Waals surface area contributed by atoms with Crippen molar-refractivity contribution in [2.75, 3.05) is 19.0 Å². The summed E-state index contributed by atoms with van der Waals surface area (Å²) in [5, 5.41) is 2.90. The first-order valence-electron chi connectivity index (χ1n) is 10.5. The van der Waals surface area contributed by atoms with Crippen LogP contribution in [0.1, 0.15) is 53.6 Å². The number of anilines is 1. The zero-order valence-corrected chi connectivity index (χ0v) is 18.8. The molecule has 0 unspecified atom stereocenters. The Morgan fingerprint density at radius 1 is 1.07 bits per heavy atom. The number of nitrogens with zero attached hydrogens (tertiary/aromatic N) is 1. The first-order chi connectivity index (χ1) is 14.3. The van der Waals surface area contributed by atoms with Crippen molar-refractivity contribution in [1.82, 2.24) is 10.0 Å². The van der Waals surface area contributed by atoms with E-state index in [0.29, 0.717) is 18.2 Å². The van der Waals surface area contributed by atoms with Gasteiger partial charge in [-0.05, 0) is 62.2 Å². The Morgan fingerprint density at radius 2 is 1.73 bits per heavy atom. The van der Waals surface area contributed by atoms with Gasteiger partial charge in [-0.25, -0.2) is 13.1 Å². The summed E-state index contributed by atoms with van der Waals surface area (Å²) in [6.45, 7) is 2.18. The van der Waals surface area contributed by atoms with Crippen LogP contribution in [0.4, 0.5) is 5.69 Å². The highest BCUT2D eigenvalue weighted by Crippen LogP contribution is 2.26. The third kappa shape index (κ3) is 5.21. The van der Waals surface area contributed by atoms with E-state index in [-0.39, 0.29) is 10.8 Å². The maximum absolute atomic E-state index is 12.7. The van der Waals surface area contributed by atoms with Crippen molar-refractivity contribution < 1.29 is 13.2 Å². The van der Waals surface area contributed by atoms with Gasteiger partial charge in [-0.3, -0.25) is 4.79 Å². The molecule has 3 rings (SSSR count). The van der Waals surface area contributed by atoms with Gasteiger partial charge in [0.2, 0.25) is 10.0 Å².